The van der Waals surface area contributed by atoms with Crippen LogP contribution in [0.3, 0.4) is 0 Å². The Hall–Kier alpha value is -2.04. The van der Waals surface area contributed by atoms with E-state index in [1.54, 1.807) is 23.1 Å². The minimum Gasteiger partial charge on any atom is -0.369 e. The molecule has 17 heavy (non-hydrogen) atoms. The van der Waals surface area contributed by atoms with Crippen molar-refractivity contribution in [3.05, 3.63) is 34.7 Å². The van der Waals surface area contributed by atoms with E-state index < -0.39 is 5.91 Å². The predicted molar refractivity (Wildman–Crippen MR) is 65.5 cm³/mol. The first-order valence-corrected chi connectivity index (χ1v) is 5.46. The maximum absolute atomic E-state index is 12.0. The summed E-state index contributed by atoms with van der Waals surface area (Å²) < 4.78 is 3.16. The van der Waals surface area contributed by atoms with E-state index in [1.807, 2.05) is 24.3 Å². The van der Waals surface area contributed by atoms with Gasteiger partial charge in [0, 0.05) is 13.6 Å². The van der Waals surface area contributed by atoms with Gasteiger partial charge in [-0.3, -0.25) is 13.9 Å². The number of amides is 1. The molecule has 2 N–H and O–H groups in total. The quantitative estimate of drug-likeness (QED) is 0.836. The van der Waals surface area contributed by atoms with Gasteiger partial charge in [-0.2, -0.15) is 0 Å². The molecule has 1 unspecified atom stereocenters. The fourth-order valence-corrected chi connectivity index (χ4v) is 1.90. The lowest BCUT2D eigenvalue weighted by molar-refractivity contribution is -0.121. The van der Waals surface area contributed by atoms with Crippen LogP contribution in [0.25, 0.3) is 11.0 Å². The van der Waals surface area contributed by atoms with E-state index in [0.717, 1.165) is 11.0 Å². The van der Waals surface area contributed by atoms with Gasteiger partial charge in [-0.05, 0) is 12.1 Å². The number of rotatable bonds is 3. The van der Waals surface area contributed by atoms with Gasteiger partial charge in [0.05, 0.1) is 17.0 Å². The Bertz CT molecular complexity index is 624. The molecular formula is C12H15N3O2. The third-order valence-electron chi connectivity index (χ3n) is 2.99. The fraction of sp³-hybridized carbons (Fsp3) is 0.333. The van der Waals surface area contributed by atoms with Crippen molar-refractivity contribution in [1.29, 1.82) is 0 Å². The van der Waals surface area contributed by atoms with E-state index >= 15 is 0 Å². The predicted octanol–water partition coefficient (Wildman–Crippen LogP) is 0.461. The molecule has 2 aromatic rings. The molecule has 90 valence electrons. The summed E-state index contributed by atoms with van der Waals surface area (Å²) in [5.41, 5.74) is 6.78. The lowest BCUT2D eigenvalue weighted by Crippen LogP contribution is -2.30. The van der Waals surface area contributed by atoms with Crippen LogP contribution in [0, 0.1) is 5.92 Å². The molecule has 1 aromatic carbocycles. The Labute approximate surface area is 98.4 Å². The highest BCUT2D eigenvalue weighted by Gasteiger charge is 2.15. The Morgan fingerprint density at radius 1 is 1.35 bits per heavy atom. The topological polar surface area (TPSA) is 70.0 Å². The summed E-state index contributed by atoms with van der Waals surface area (Å²) in [6.45, 7) is 2.03. The Kier molecular flexibility index (Phi) is 2.75. The molecule has 0 spiro atoms. The number of hydrogen-bond acceptors (Lipinski definition) is 2. The van der Waals surface area contributed by atoms with Crippen LogP contribution >= 0.6 is 0 Å². The third kappa shape index (κ3) is 1.84. The zero-order chi connectivity index (χ0) is 12.6. The summed E-state index contributed by atoms with van der Waals surface area (Å²) in [6.07, 6.45) is 0. The number of aryl methyl sites for hydroxylation is 1. The first-order chi connectivity index (χ1) is 8.02. The van der Waals surface area contributed by atoms with Crippen molar-refractivity contribution < 1.29 is 4.79 Å². The highest BCUT2D eigenvalue weighted by molar-refractivity contribution is 5.78. The van der Waals surface area contributed by atoms with E-state index in [1.165, 1.54) is 0 Å². The van der Waals surface area contributed by atoms with Crippen LogP contribution in [0.1, 0.15) is 6.92 Å². The highest BCUT2D eigenvalue weighted by Crippen LogP contribution is 2.12. The van der Waals surface area contributed by atoms with Gasteiger partial charge >= 0.3 is 5.69 Å². The molecule has 0 fully saturated rings. The van der Waals surface area contributed by atoms with E-state index in [2.05, 4.69) is 0 Å². The highest BCUT2D eigenvalue weighted by atomic mass is 16.2. The Morgan fingerprint density at radius 3 is 2.53 bits per heavy atom. The van der Waals surface area contributed by atoms with Crippen molar-refractivity contribution in [1.82, 2.24) is 9.13 Å². The van der Waals surface area contributed by atoms with Crippen LogP contribution in [0.2, 0.25) is 0 Å². The number of para-hydroxylation sites is 2. The molecule has 0 radical (unpaired) electrons. The first kappa shape index (κ1) is 11.4. The van der Waals surface area contributed by atoms with Crippen LogP contribution in [-0.2, 0) is 18.4 Å². The normalized spacial score (nSPS) is 12.8. The maximum atomic E-state index is 12.0. The number of imidazole rings is 1. The van der Waals surface area contributed by atoms with E-state index in [-0.39, 0.29) is 11.6 Å². The zero-order valence-corrected chi connectivity index (χ0v) is 9.88. The minimum atomic E-state index is -0.398. The van der Waals surface area contributed by atoms with Crippen LogP contribution in [0.5, 0.6) is 0 Å². The van der Waals surface area contributed by atoms with Gasteiger partial charge in [-0.25, -0.2) is 4.79 Å². The molecule has 1 amide bonds. The van der Waals surface area contributed by atoms with Crippen LogP contribution in [0.15, 0.2) is 29.1 Å². The molecular weight excluding hydrogens is 218 g/mol. The van der Waals surface area contributed by atoms with Crippen LogP contribution in [-0.4, -0.2) is 15.0 Å². The van der Waals surface area contributed by atoms with E-state index in [9.17, 15) is 9.59 Å². The molecule has 1 heterocycles. The number of benzene rings is 1. The molecule has 5 heteroatoms. The molecule has 5 nitrogen and oxygen atoms in total. The third-order valence-corrected chi connectivity index (χ3v) is 2.99. The van der Waals surface area contributed by atoms with Gasteiger partial charge in [0.15, 0.2) is 0 Å². The molecule has 1 atom stereocenters. The molecule has 2 rings (SSSR count). The van der Waals surface area contributed by atoms with Crippen LogP contribution < -0.4 is 11.4 Å². The van der Waals surface area contributed by atoms with Gasteiger partial charge < -0.3 is 5.73 Å². The smallest absolute Gasteiger partial charge is 0.328 e. The molecule has 0 saturated heterocycles. The number of nitrogens with zero attached hydrogens (tertiary/aromatic N) is 2. The Balaban J connectivity index is 2.58. The number of hydrogen-bond donors (Lipinski definition) is 1. The molecule has 0 aliphatic heterocycles. The van der Waals surface area contributed by atoms with Crippen molar-refractivity contribution in [2.24, 2.45) is 18.7 Å². The molecule has 1 aromatic heterocycles. The zero-order valence-electron chi connectivity index (χ0n) is 9.88. The van der Waals surface area contributed by atoms with Crippen molar-refractivity contribution in [2.45, 2.75) is 13.5 Å². The largest absolute Gasteiger partial charge is 0.369 e. The summed E-state index contributed by atoms with van der Waals surface area (Å²) >= 11 is 0. The molecule has 0 aliphatic carbocycles. The average molecular weight is 233 g/mol. The standard InChI is InChI=1S/C12H15N3O2/c1-8(11(13)16)7-15-10-6-4-3-5-9(10)14(2)12(15)17/h3-6,8H,7H2,1-2H3,(H2,13,16). The second kappa shape index (κ2) is 4.08. The van der Waals surface area contributed by atoms with Crippen molar-refractivity contribution in [2.75, 3.05) is 0 Å². The average Bonchev–Trinajstić information content (AvgIpc) is 2.55. The second-order valence-corrected chi connectivity index (χ2v) is 4.24. The lowest BCUT2D eigenvalue weighted by atomic mass is 10.1. The van der Waals surface area contributed by atoms with E-state index in [0.29, 0.717) is 6.54 Å². The van der Waals surface area contributed by atoms with Crippen molar-refractivity contribution in [3.63, 3.8) is 0 Å². The number of aromatic nitrogens is 2. The number of nitrogens with two attached hydrogens (primary N) is 1. The number of fused-ring (bicyclic) bond motifs is 1. The van der Waals surface area contributed by atoms with Crippen molar-refractivity contribution in [3.8, 4) is 0 Å². The van der Waals surface area contributed by atoms with Crippen molar-refractivity contribution >= 4 is 16.9 Å². The van der Waals surface area contributed by atoms with E-state index in [4.69, 9.17) is 5.73 Å². The summed E-state index contributed by atoms with van der Waals surface area (Å²) in [5.74, 6) is -0.761. The SMILES string of the molecule is CC(Cn1c(=O)n(C)c2ccccc21)C(N)=O. The monoisotopic (exact) mass is 233 g/mol. The van der Waals surface area contributed by atoms with Gasteiger partial charge in [-0.1, -0.05) is 19.1 Å². The van der Waals surface area contributed by atoms with Crippen LogP contribution in [0.4, 0.5) is 0 Å². The molecule has 0 aliphatic rings. The number of carbonyl (C=O) groups is 1. The van der Waals surface area contributed by atoms with Gasteiger partial charge in [0.2, 0.25) is 5.91 Å². The summed E-state index contributed by atoms with van der Waals surface area (Å²) in [4.78, 5) is 23.1. The molecule has 0 bridgehead atoms. The number of carbonyl (C=O) groups excluding carboxylic acids is 1. The Morgan fingerprint density at radius 2 is 1.94 bits per heavy atom. The summed E-state index contributed by atoms with van der Waals surface area (Å²) in [5, 5.41) is 0. The summed E-state index contributed by atoms with van der Waals surface area (Å²) in [7, 11) is 1.72. The first-order valence-electron chi connectivity index (χ1n) is 5.46. The maximum Gasteiger partial charge on any atom is 0.328 e. The fourth-order valence-electron chi connectivity index (χ4n) is 1.90. The minimum absolute atomic E-state index is 0.126. The second-order valence-electron chi connectivity index (χ2n) is 4.24. The van der Waals surface area contributed by atoms with Gasteiger partial charge in [0.25, 0.3) is 0 Å². The van der Waals surface area contributed by atoms with Gasteiger partial charge in [-0.15, -0.1) is 0 Å². The van der Waals surface area contributed by atoms with Gasteiger partial charge in [0.1, 0.15) is 0 Å². The lowest BCUT2D eigenvalue weighted by Gasteiger charge is -2.07. The number of primary amides is 1. The summed E-state index contributed by atoms with van der Waals surface area (Å²) in [6, 6.07) is 7.49. The molecule has 0 saturated carbocycles.